The number of aliphatic imine (C=N–C) groups is 1. The Morgan fingerprint density at radius 2 is 1.89 bits per heavy atom. The van der Waals surface area contributed by atoms with Gasteiger partial charge in [0.05, 0.1) is 23.5 Å². The average Bonchev–Trinajstić information content (AvgIpc) is 2.86. The second-order valence-electron chi connectivity index (χ2n) is 6.22. The molecule has 1 aliphatic heterocycles. The lowest BCUT2D eigenvalue weighted by Crippen LogP contribution is -2.15. The summed E-state index contributed by atoms with van der Waals surface area (Å²) in [6.45, 7) is 0. The lowest BCUT2D eigenvalue weighted by atomic mass is 10.0. The number of carbonyl (C=O) groups excluding carboxylic acids is 1. The van der Waals surface area contributed by atoms with Gasteiger partial charge in [-0.25, -0.2) is 14.4 Å². The van der Waals surface area contributed by atoms with Crippen LogP contribution in [-0.2, 0) is 4.79 Å². The number of rotatable bonds is 2. The number of amides is 1. The molecule has 0 saturated carbocycles. The number of nitriles is 1. The van der Waals surface area contributed by atoms with Gasteiger partial charge in [0.1, 0.15) is 23.3 Å². The molecule has 1 aromatic heterocycles. The van der Waals surface area contributed by atoms with Crippen LogP contribution in [0.2, 0.25) is 0 Å². The molecule has 6 nitrogen and oxygen atoms in total. The molecule has 2 aromatic carbocycles. The quantitative estimate of drug-likeness (QED) is 0.666. The zero-order valence-corrected chi connectivity index (χ0v) is 14.5. The fourth-order valence-corrected chi connectivity index (χ4v) is 3.00. The van der Waals surface area contributed by atoms with E-state index in [9.17, 15) is 14.3 Å². The first-order chi connectivity index (χ1) is 13.5. The normalized spacial score (nSPS) is 13.0. The van der Waals surface area contributed by atoms with Gasteiger partial charge < -0.3 is 10.4 Å². The van der Waals surface area contributed by atoms with Crippen molar-refractivity contribution in [3.05, 3.63) is 71.8 Å². The number of carbonyl (C=O) groups is 1. The van der Waals surface area contributed by atoms with Crippen molar-refractivity contribution in [2.24, 2.45) is 4.99 Å². The van der Waals surface area contributed by atoms with Crippen molar-refractivity contribution in [2.75, 3.05) is 5.32 Å². The number of phenolic OH excluding ortho intramolecular Hbond substituents is 1. The summed E-state index contributed by atoms with van der Waals surface area (Å²) in [7, 11) is 0. The highest BCUT2D eigenvalue weighted by Crippen LogP contribution is 2.40. The molecule has 7 heteroatoms. The highest BCUT2D eigenvalue weighted by atomic mass is 19.1. The molecule has 0 radical (unpaired) electrons. The van der Waals surface area contributed by atoms with E-state index in [0.29, 0.717) is 33.8 Å². The maximum atomic E-state index is 13.2. The van der Waals surface area contributed by atoms with E-state index in [1.807, 2.05) is 6.07 Å². The first kappa shape index (κ1) is 17.4. The third-order valence-corrected chi connectivity index (χ3v) is 4.33. The lowest BCUT2D eigenvalue weighted by molar-refractivity contribution is -0.115. The number of pyridine rings is 1. The number of aromatic nitrogens is 1. The van der Waals surface area contributed by atoms with Crippen molar-refractivity contribution in [3.8, 4) is 22.9 Å². The minimum atomic E-state index is -0.380. The Hall–Kier alpha value is -4.05. The van der Waals surface area contributed by atoms with E-state index >= 15 is 0 Å². The van der Waals surface area contributed by atoms with Gasteiger partial charge in [-0.3, -0.25) is 4.79 Å². The summed E-state index contributed by atoms with van der Waals surface area (Å²) in [5.74, 6) is -0.699. The fourth-order valence-electron chi connectivity index (χ4n) is 3.00. The van der Waals surface area contributed by atoms with Gasteiger partial charge in [0.15, 0.2) is 0 Å². The molecule has 0 saturated heterocycles. The summed E-state index contributed by atoms with van der Waals surface area (Å²) in [4.78, 5) is 20.8. The smallest absolute Gasteiger partial charge is 0.230 e. The molecule has 0 bridgehead atoms. The van der Waals surface area contributed by atoms with Crippen molar-refractivity contribution in [1.82, 2.24) is 4.98 Å². The van der Waals surface area contributed by atoms with Crippen LogP contribution in [0.5, 0.6) is 5.75 Å². The molecule has 0 fully saturated rings. The van der Waals surface area contributed by atoms with Crippen LogP contribution in [0.1, 0.15) is 17.7 Å². The van der Waals surface area contributed by atoms with E-state index < -0.39 is 0 Å². The predicted octanol–water partition coefficient (Wildman–Crippen LogP) is 3.93. The van der Waals surface area contributed by atoms with E-state index in [2.05, 4.69) is 15.3 Å². The number of benzene rings is 2. The third kappa shape index (κ3) is 3.31. The van der Waals surface area contributed by atoms with Crippen LogP contribution in [0.3, 0.4) is 0 Å². The Labute approximate surface area is 159 Å². The van der Waals surface area contributed by atoms with Gasteiger partial charge in [0.2, 0.25) is 5.91 Å². The zero-order valence-electron chi connectivity index (χ0n) is 14.5. The molecular weight excluding hydrogens is 359 g/mol. The third-order valence-electron chi connectivity index (χ3n) is 4.33. The van der Waals surface area contributed by atoms with Gasteiger partial charge in [0.25, 0.3) is 0 Å². The molecule has 136 valence electrons. The van der Waals surface area contributed by atoms with Crippen LogP contribution < -0.4 is 5.32 Å². The van der Waals surface area contributed by atoms with Crippen LogP contribution >= 0.6 is 0 Å². The fraction of sp³-hybridized carbons (Fsp3) is 0.0476. The highest BCUT2D eigenvalue weighted by Gasteiger charge is 2.20. The highest BCUT2D eigenvalue weighted by molar-refractivity contribution is 6.17. The maximum Gasteiger partial charge on any atom is 0.230 e. The molecule has 0 unspecified atom stereocenters. The summed E-state index contributed by atoms with van der Waals surface area (Å²) in [5, 5.41) is 22.3. The summed E-state index contributed by atoms with van der Waals surface area (Å²) in [5.41, 5.74) is 3.18. The number of nitrogens with one attached hydrogen (secondary N) is 1. The summed E-state index contributed by atoms with van der Waals surface area (Å²) >= 11 is 0. The Morgan fingerprint density at radius 3 is 2.64 bits per heavy atom. The van der Waals surface area contributed by atoms with Gasteiger partial charge in [-0.1, -0.05) is 12.1 Å². The van der Waals surface area contributed by atoms with Crippen molar-refractivity contribution in [1.29, 1.82) is 5.26 Å². The van der Waals surface area contributed by atoms with E-state index in [1.54, 1.807) is 30.3 Å². The van der Waals surface area contributed by atoms with Crippen LogP contribution in [-0.4, -0.2) is 21.7 Å². The summed E-state index contributed by atoms with van der Waals surface area (Å²) in [6.07, 6.45) is 1.49. The van der Waals surface area contributed by atoms with Crippen LogP contribution in [0.25, 0.3) is 11.1 Å². The van der Waals surface area contributed by atoms with Crippen LogP contribution in [0.15, 0.2) is 59.7 Å². The minimum absolute atomic E-state index is 0.0101. The summed E-state index contributed by atoms with van der Waals surface area (Å²) < 4.78 is 13.2. The molecule has 1 amide bonds. The lowest BCUT2D eigenvalue weighted by Gasteiger charge is -2.10. The average molecular weight is 372 g/mol. The molecule has 2 N–H and O–H groups in total. The largest absolute Gasteiger partial charge is 0.507 e. The molecule has 1 aliphatic rings. The maximum absolute atomic E-state index is 13.2. The van der Waals surface area contributed by atoms with E-state index in [-0.39, 0.29) is 29.6 Å². The molecule has 2 heterocycles. The Balaban J connectivity index is 1.82. The first-order valence-electron chi connectivity index (χ1n) is 8.40. The van der Waals surface area contributed by atoms with E-state index in [1.165, 1.54) is 24.4 Å². The van der Waals surface area contributed by atoms with E-state index in [4.69, 9.17) is 5.26 Å². The number of nitrogens with zero attached hydrogens (tertiary/aromatic N) is 3. The van der Waals surface area contributed by atoms with Gasteiger partial charge >= 0.3 is 0 Å². The monoisotopic (exact) mass is 372 g/mol. The molecule has 0 atom stereocenters. The van der Waals surface area contributed by atoms with Gasteiger partial charge in [-0.15, -0.1) is 0 Å². The van der Waals surface area contributed by atoms with Crippen molar-refractivity contribution >= 4 is 23.0 Å². The molecule has 4 rings (SSSR count). The van der Waals surface area contributed by atoms with Gasteiger partial charge in [0, 0.05) is 23.4 Å². The van der Waals surface area contributed by atoms with Gasteiger partial charge in [-0.2, -0.15) is 5.26 Å². The zero-order chi connectivity index (χ0) is 19.7. The number of hydrogen-bond donors (Lipinski definition) is 2. The molecular formula is C21H13FN4O2. The van der Waals surface area contributed by atoms with Crippen LogP contribution in [0, 0.1) is 17.1 Å². The summed E-state index contributed by atoms with van der Waals surface area (Å²) in [6, 6.07) is 13.9. The topological polar surface area (TPSA) is 98.4 Å². The minimum Gasteiger partial charge on any atom is -0.507 e. The standard InChI is InChI=1S/C21H13FN4O2/c22-14-3-1-12(2-4-14)16-8-18-19(9-20(16)27)25-17(10-21(28)26-18)13-5-6-24-15(7-13)11-23/h1-9,27H,10H2,(H,26,28). The number of fused-ring (bicyclic) bond motifs is 1. The second kappa shape index (κ2) is 6.93. The SMILES string of the molecule is N#Cc1cc(C2=Nc3cc(O)c(-c4ccc(F)cc4)cc3NC(=O)C2)ccn1. The van der Waals surface area contributed by atoms with Gasteiger partial charge in [-0.05, 0) is 35.9 Å². The number of aromatic hydroxyl groups is 1. The molecule has 0 aliphatic carbocycles. The number of phenols is 1. The Morgan fingerprint density at radius 1 is 1.11 bits per heavy atom. The molecule has 3 aromatic rings. The molecule has 28 heavy (non-hydrogen) atoms. The number of hydrogen-bond acceptors (Lipinski definition) is 5. The number of halogens is 1. The molecule has 0 spiro atoms. The second-order valence-corrected chi connectivity index (χ2v) is 6.22. The first-order valence-corrected chi connectivity index (χ1v) is 8.40. The van der Waals surface area contributed by atoms with Crippen molar-refractivity contribution in [3.63, 3.8) is 0 Å². The predicted molar refractivity (Wildman–Crippen MR) is 102 cm³/mol. The Bertz CT molecular complexity index is 1160. The Kier molecular flexibility index (Phi) is 4.30. The number of anilines is 1. The van der Waals surface area contributed by atoms with Crippen molar-refractivity contribution in [2.45, 2.75) is 6.42 Å². The van der Waals surface area contributed by atoms with Crippen LogP contribution in [0.4, 0.5) is 15.8 Å². The van der Waals surface area contributed by atoms with Crippen molar-refractivity contribution < 1.29 is 14.3 Å². The van der Waals surface area contributed by atoms with E-state index in [0.717, 1.165) is 0 Å².